The number of ether oxygens (including phenoxy) is 2. The molecule has 27 heavy (non-hydrogen) atoms. The zero-order valence-electron chi connectivity index (χ0n) is 17.3. The van der Waals surface area contributed by atoms with Crippen molar-refractivity contribution in [3.8, 4) is 0 Å². The maximum Gasteiger partial charge on any atom is 0.462 e. The Labute approximate surface area is 161 Å². The summed E-state index contributed by atoms with van der Waals surface area (Å²) in [7, 11) is 2.09. The molecule has 0 aromatic heterocycles. The van der Waals surface area contributed by atoms with E-state index >= 15 is 0 Å². The summed E-state index contributed by atoms with van der Waals surface area (Å²) in [4.78, 5) is 24.8. The number of rotatable bonds is 5. The summed E-state index contributed by atoms with van der Waals surface area (Å²) >= 11 is 0. The quantitative estimate of drug-likeness (QED) is 0.417. The van der Waals surface area contributed by atoms with Gasteiger partial charge in [-0.15, -0.1) is 0 Å². The monoisotopic (exact) mass is 376 g/mol. The third-order valence-corrected chi connectivity index (χ3v) is 5.65. The number of esters is 2. The molecule has 6 nitrogen and oxygen atoms in total. The molecule has 0 bridgehead atoms. The van der Waals surface area contributed by atoms with Gasteiger partial charge in [0.2, 0.25) is 0 Å². The number of carbonyl (C=O) groups excluding carboxylic acids is 2. The first-order chi connectivity index (χ1) is 12.4. The summed E-state index contributed by atoms with van der Waals surface area (Å²) in [6.07, 6.45) is 4.10. The van der Waals surface area contributed by atoms with Crippen LogP contribution in [0.3, 0.4) is 0 Å². The lowest BCUT2D eigenvalue weighted by Crippen LogP contribution is -2.41. The molecule has 2 rings (SSSR count). The molecule has 0 aromatic carbocycles. The maximum absolute atomic E-state index is 12.4. The van der Waals surface area contributed by atoms with Crippen molar-refractivity contribution in [1.82, 2.24) is 0 Å². The topological polar surface area (TPSA) is 71.1 Å². The summed E-state index contributed by atoms with van der Waals surface area (Å²) in [6, 6.07) is 0. The molecule has 2 aliphatic rings. The van der Waals surface area contributed by atoms with Crippen LogP contribution in [0, 0.1) is 5.41 Å². The SMILES string of the molecule is C=C(C)C1=CC(C(=O)OC)(C(=O)OC)CC=C1CB1OC(C)(C)C(C)(C)O1. The summed E-state index contributed by atoms with van der Waals surface area (Å²) in [5.41, 5.74) is 0.00619. The first-order valence-corrected chi connectivity index (χ1v) is 9.01. The van der Waals surface area contributed by atoms with Crippen LogP contribution in [0.4, 0.5) is 0 Å². The Morgan fingerprint density at radius 3 is 2.00 bits per heavy atom. The van der Waals surface area contributed by atoms with Gasteiger partial charge >= 0.3 is 19.1 Å². The second-order valence-corrected chi connectivity index (χ2v) is 8.12. The van der Waals surface area contributed by atoms with Gasteiger partial charge < -0.3 is 18.8 Å². The summed E-state index contributed by atoms with van der Waals surface area (Å²) in [5, 5.41) is 0. The highest BCUT2D eigenvalue weighted by Crippen LogP contribution is 2.43. The Hall–Kier alpha value is -1.86. The maximum atomic E-state index is 12.4. The Morgan fingerprint density at radius 2 is 1.59 bits per heavy atom. The van der Waals surface area contributed by atoms with E-state index in [0.29, 0.717) is 11.9 Å². The van der Waals surface area contributed by atoms with E-state index in [-0.39, 0.29) is 6.42 Å². The van der Waals surface area contributed by atoms with Gasteiger partial charge in [0.25, 0.3) is 0 Å². The van der Waals surface area contributed by atoms with Crippen LogP contribution < -0.4 is 0 Å². The van der Waals surface area contributed by atoms with Crippen LogP contribution in [0.1, 0.15) is 41.0 Å². The lowest BCUT2D eigenvalue weighted by molar-refractivity contribution is -0.165. The lowest BCUT2D eigenvalue weighted by Gasteiger charge is -2.32. The smallest absolute Gasteiger partial charge is 0.462 e. The molecule has 1 heterocycles. The van der Waals surface area contributed by atoms with Gasteiger partial charge in [0, 0.05) is 6.32 Å². The first kappa shape index (κ1) is 21.4. The zero-order chi connectivity index (χ0) is 20.6. The number of carbonyl (C=O) groups is 2. The zero-order valence-corrected chi connectivity index (χ0v) is 17.3. The predicted molar refractivity (Wildman–Crippen MR) is 103 cm³/mol. The number of allylic oxidation sites excluding steroid dienone is 4. The van der Waals surface area contributed by atoms with Gasteiger partial charge in [0.05, 0.1) is 25.4 Å². The minimum atomic E-state index is -1.50. The van der Waals surface area contributed by atoms with Crippen LogP contribution in [-0.2, 0) is 28.4 Å². The highest BCUT2D eigenvalue weighted by Gasteiger charge is 2.52. The Morgan fingerprint density at radius 1 is 1.11 bits per heavy atom. The van der Waals surface area contributed by atoms with Crippen LogP contribution in [0.15, 0.2) is 35.5 Å². The van der Waals surface area contributed by atoms with E-state index in [4.69, 9.17) is 18.8 Å². The fraction of sp³-hybridized carbons (Fsp3) is 0.600. The first-order valence-electron chi connectivity index (χ1n) is 9.01. The molecular weight excluding hydrogens is 347 g/mol. The van der Waals surface area contributed by atoms with Crippen LogP contribution in [0.2, 0.25) is 6.32 Å². The molecular formula is C20H29BO6. The van der Waals surface area contributed by atoms with Gasteiger partial charge in [-0.2, -0.15) is 0 Å². The minimum Gasteiger partial charge on any atom is -0.468 e. The highest BCUT2D eigenvalue weighted by atomic mass is 16.7. The van der Waals surface area contributed by atoms with E-state index in [0.717, 1.165) is 11.1 Å². The molecule has 1 aliphatic heterocycles. The van der Waals surface area contributed by atoms with E-state index in [1.54, 1.807) is 6.08 Å². The van der Waals surface area contributed by atoms with Crippen molar-refractivity contribution in [1.29, 1.82) is 0 Å². The van der Waals surface area contributed by atoms with Gasteiger partial charge in [-0.1, -0.05) is 18.2 Å². The number of hydrogen-bond donors (Lipinski definition) is 0. The summed E-state index contributed by atoms with van der Waals surface area (Å²) in [6.45, 7) is 13.8. The molecule has 0 aromatic rings. The second kappa shape index (κ2) is 7.28. The molecule has 1 fully saturated rings. The Kier molecular flexibility index (Phi) is 5.78. The van der Waals surface area contributed by atoms with Gasteiger partial charge in [0.1, 0.15) is 0 Å². The summed E-state index contributed by atoms with van der Waals surface area (Å²) in [5.74, 6) is -1.31. The van der Waals surface area contributed by atoms with Gasteiger partial charge in [0.15, 0.2) is 5.41 Å². The Balaban J connectivity index is 2.35. The van der Waals surface area contributed by atoms with Crippen molar-refractivity contribution in [2.75, 3.05) is 14.2 Å². The molecule has 0 spiro atoms. The largest absolute Gasteiger partial charge is 0.468 e. The fourth-order valence-corrected chi connectivity index (χ4v) is 3.34. The molecule has 0 saturated carbocycles. The van der Waals surface area contributed by atoms with Crippen LogP contribution in [-0.4, -0.2) is 44.5 Å². The molecule has 7 heteroatoms. The van der Waals surface area contributed by atoms with E-state index in [1.165, 1.54) is 14.2 Å². The predicted octanol–water partition coefficient (Wildman–Crippen LogP) is 3.24. The van der Waals surface area contributed by atoms with Crippen LogP contribution in [0.5, 0.6) is 0 Å². The third-order valence-electron chi connectivity index (χ3n) is 5.65. The van der Waals surface area contributed by atoms with Crippen molar-refractivity contribution in [3.63, 3.8) is 0 Å². The van der Waals surface area contributed by atoms with Crippen molar-refractivity contribution in [2.24, 2.45) is 5.41 Å². The molecule has 148 valence electrons. The highest BCUT2D eigenvalue weighted by molar-refractivity contribution is 6.46. The molecule has 0 atom stereocenters. The van der Waals surface area contributed by atoms with Crippen molar-refractivity contribution in [3.05, 3.63) is 35.5 Å². The lowest BCUT2D eigenvalue weighted by atomic mass is 9.70. The number of hydrogen-bond acceptors (Lipinski definition) is 6. The molecule has 0 radical (unpaired) electrons. The molecule has 1 saturated heterocycles. The van der Waals surface area contributed by atoms with E-state index in [2.05, 4.69) is 6.58 Å². The minimum absolute atomic E-state index is 0.151. The Bertz CT molecular complexity index is 684. The average Bonchev–Trinajstić information content (AvgIpc) is 2.80. The van der Waals surface area contributed by atoms with Crippen molar-refractivity contribution in [2.45, 2.75) is 58.6 Å². The van der Waals surface area contributed by atoms with Crippen molar-refractivity contribution >= 4 is 19.1 Å². The second-order valence-electron chi connectivity index (χ2n) is 8.12. The van der Waals surface area contributed by atoms with Crippen molar-refractivity contribution < 1.29 is 28.4 Å². The molecule has 1 aliphatic carbocycles. The molecule has 0 N–H and O–H groups in total. The van der Waals surface area contributed by atoms with E-state index in [1.807, 2.05) is 40.7 Å². The van der Waals surface area contributed by atoms with E-state index in [9.17, 15) is 9.59 Å². The average molecular weight is 376 g/mol. The van der Waals surface area contributed by atoms with Gasteiger partial charge in [-0.3, -0.25) is 9.59 Å². The molecule has 0 amide bonds. The summed E-state index contributed by atoms with van der Waals surface area (Å²) < 4.78 is 21.9. The standard InChI is InChI=1S/C20H29BO6/c1-13(2)15-11-20(16(22)24-7,17(23)25-8)10-9-14(15)12-21-26-18(3,4)19(5,6)27-21/h9,11H,1,10,12H2,2-8H3. The van der Waals surface area contributed by atoms with Gasteiger partial charge in [-0.25, -0.2) is 0 Å². The van der Waals surface area contributed by atoms with Crippen LogP contribution in [0.25, 0.3) is 0 Å². The van der Waals surface area contributed by atoms with Crippen LogP contribution >= 0.6 is 0 Å². The van der Waals surface area contributed by atoms with E-state index < -0.39 is 35.7 Å². The van der Waals surface area contributed by atoms with Gasteiger partial charge in [-0.05, 0) is 58.3 Å². The molecule has 0 unspecified atom stereocenters. The fourth-order valence-electron chi connectivity index (χ4n) is 3.34. The third kappa shape index (κ3) is 3.76. The normalized spacial score (nSPS) is 22.6. The number of methoxy groups -OCH3 is 2.